The zero-order valence-electron chi connectivity index (χ0n) is 8.71. The van der Waals surface area contributed by atoms with Crippen LogP contribution in [0.5, 0.6) is 0 Å². The van der Waals surface area contributed by atoms with Gasteiger partial charge in [0, 0.05) is 0 Å². The fourth-order valence-corrected chi connectivity index (χ4v) is 1.97. The van der Waals surface area contributed by atoms with E-state index < -0.39 is 43.1 Å². The van der Waals surface area contributed by atoms with Gasteiger partial charge in [-0.1, -0.05) is 0 Å². The van der Waals surface area contributed by atoms with Crippen LogP contribution in [0.25, 0.3) is 0 Å². The highest BCUT2D eigenvalue weighted by molar-refractivity contribution is 5.02. The van der Waals surface area contributed by atoms with E-state index >= 15 is 0 Å². The van der Waals surface area contributed by atoms with Gasteiger partial charge in [0.1, 0.15) is 17.8 Å². The van der Waals surface area contributed by atoms with Gasteiger partial charge in [-0.05, 0) is 13.8 Å². The van der Waals surface area contributed by atoms with Gasteiger partial charge in [-0.2, -0.15) is 0 Å². The third kappa shape index (κ3) is 1.57. The fraction of sp³-hybridized carbons (Fsp3) is 1.00. The van der Waals surface area contributed by atoms with Crippen LogP contribution in [0, 0.1) is 0 Å². The molecular formula is C9H16O6. The average molecular weight is 220 g/mol. The van der Waals surface area contributed by atoms with E-state index in [9.17, 15) is 5.11 Å². The Morgan fingerprint density at radius 2 is 1.67 bits per heavy atom. The Bertz CT molecular complexity index is 249. The van der Waals surface area contributed by atoms with Gasteiger partial charge in [0.15, 0.2) is 12.1 Å². The zero-order valence-corrected chi connectivity index (χ0v) is 8.71. The SMILES string of the molecule is CC1(C)OC2C(O)C(CO)(CO)O[C@@H]2O1. The summed E-state index contributed by atoms with van der Waals surface area (Å²) in [6.45, 7) is 2.46. The number of hydrogen-bond donors (Lipinski definition) is 3. The Labute approximate surface area is 87.4 Å². The third-order valence-electron chi connectivity index (χ3n) is 2.82. The van der Waals surface area contributed by atoms with Crippen molar-refractivity contribution in [1.29, 1.82) is 0 Å². The molecule has 15 heavy (non-hydrogen) atoms. The first-order chi connectivity index (χ1) is 6.94. The van der Waals surface area contributed by atoms with Crippen molar-refractivity contribution in [2.75, 3.05) is 13.2 Å². The molecule has 6 nitrogen and oxygen atoms in total. The van der Waals surface area contributed by atoms with E-state index in [-0.39, 0.29) is 0 Å². The van der Waals surface area contributed by atoms with E-state index in [1.54, 1.807) is 13.8 Å². The maximum Gasteiger partial charge on any atom is 0.190 e. The molecule has 2 heterocycles. The summed E-state index contributed by atoms with van der Waals surface area (Å²) >= 11 is 0. The Kier molecular flexibility index (Phi) is 2.53. The highest BCUT2D eigenvalue weighted by atomic mass is 16.8. The van der Waals surface area contributed by atoms with E-state index in [1.165, 1.54) is 0 Å². The predicted octanol–water partition coefficient (Wildman–Crippen LogP) is -1.42. The summed E-state index contributed by atoms with van der Waals surface area (Å²) in [6, 6.07) is 0. The standard InChI is InChI=1S/C9H16O6/c1-8(2)13-5-6(12)9(3-10,4-11)15-7(5)14-8/h5-7,10-12H,3-4H2,1-2H3/t5?,6?,7-/m0/s1. The average Bonchev–Trinajstić information content (AvgIpc) is 2.59. The molecule has 2 fully saturated rings. The summed E-state index contributed by atoms with van der Waals surface area (Å²) in [5.41, 5.74) is -1.38. The summed E-state index contributed by atoms with van der Waals surface area (Å²) in [7, 11) is 0. The molecule has 2 saturated heterocycles. The van der Waals surface area contributed by atoms with Crippen LogP contribution in [0.15, 0.2) is 0 Å². The zero-order chi connectivity index (χ0) is 11.3. The van der Waals surface area contributed by atoms with Gasteiger partial charge >= 0.3 is 0 Å². The minimum absolute atomic E-state index is 0.481. The molecule has 0 aromatic rings. The molecule has 2 aliphatic rings. The molecule has 0 aromatic carbocycles. The molecule has 2 unspecified atom stereocenters. The minimum atomic E-state index is -1.38. The predicted molar refractivity (Wildman–Crippen MR) is 47.8 cm³/mol. The molecule has 0 aliphatic carbocycles. The lowest BCUT2D eigenvalue weighted by Gasteiger charge is -2.30. The van der Waals surface area contributed by atoms with Gasteiger partial charge in [-0.3, -0.25) is 0 Å². The van der Waals surface area contributed by atoms with Gasteiger partial charge in [-0.25, -0.2) is 0 Å². The quantitative estimate of drug-likeness (QED) is 0.529. The summed E-state index contributed by atoms with van der Waals surface area (Å²) in [5.74, 6) is -0.812. The van der Waals surface area contributed by atoms with Crippen LogP contribution in [0.4, 0.5) is 0 Å². The third-order valence-corrected chi connectivity index (χ3v) is 2.82. The number of aliphatic hydroxyl groups excluding tert-OH is 3. The monoisotopic (exact) mass is 220 g/mol. The maximum atomic E-state index is 9.89. The van der Waals surface area contributed by atoms with Crippen molar-refractivity contribution in [2.45, 2.75) is 43.7 Å². The summed E-state index contributed by atoms with van der Waals surface area (Å²) in [6.07, 6.45) is -2.51. The summed E-state index contributed by atoms with van der Waals surface area (Å²) in [5, 5.41) is 28.1. The van der Waals surface area contributed by atoms with Crippen LogP contribution in [-0.2, 0) is 14.2 Å². The minimum Gasteiger partial charge on any atom is -0.393 e. The number of hydrogen-bond acceptors (Lipinski definition) is 6. The van der Waals surface area contributed by atoms with Crippen LogP contribution < -0.4 is 0 Å². The number of rotatable bonds is 2. The number of aliphatic hydroxyl groups is 3. The van der Waals surface area contributed by atoms with Crippen molar-refractivity contribution < 1.29 is 29.5 Å². The molecule has 2 aliphatic heterocycles. The first-order valence-corrected chi connectivity index (χ1v) is 4.87. The van der Waals surface area contributed by atoms with Crippen molar-refractivity contribution >= 4 is 0 Å². The summed E-state index contributed by atoms with van der Waals surface area (Å²) in [4.78, 5) is 0. The molecule has 2 rings (SSSR count). The largest absolute Gasteiger partial charge is 0.393 e. The van der Waals surface area contributed by atoms with E-state index in [0.29, 0.717) is 0 Å². The fourth-order valence-electron chi connectivity index (χ4n) is 1.97. The normalized spacial score (nSPS) is 41.8. The second-order valence-corrected chi connectivity index (χ2v) is 4.41. The second-order valence-electron chi connectivity index (χ2n) is 4.41. The molecule has 0 amide bonds. The Morgan fingerprint density at radius 1 is 1.07 bits per heavy atom. The van der Waals surface area contributed by atoms with Gasteiger partial charge in [-0.15, -0.1) is 0 Å². The molecule has 0 aromatic heterocycles. The van der Waals surface area contributed by atoms with Crippen LogP contribution in [0.2, 0.25) is 0 Å². The molecule has 88 valence electrons. The van der Waals surface area contributed by atoms with E-state index in [1.807, 2.05) is 0 Å². The second kappa shape index (κ2) is 3.38. The van der Waals surface area contributed by atoms with Crippen molar-refractivity contribution in [2.24, 2.45) is 0 Å². The van der Waals surface area contributed by atoms with E-state index in [2.05, 4.69) is 0 Å². The molecule has 0 bridgehead atoms. The van der Waals surface area contributed by atoms with Gasteiger partial charge < -0.3 is 29.5 Å². The van der Waals surface area contributed by atoms with E-state index in [4.69, 9.17) is 24.4 Å². The first kappa shape index (κ1) is 11.3. The van der Waals surface area contributed by atoms with Gasteiger partial charge in [0.2, 0.25) is 0 Å². The molecule has 6 heteroatoms. The van der Waals surface area contributed by atoms with Crippen LogP contribution >= 0.6 is 0 Å². The van der Waals surface area contributed by atoms with Crippen molar-refractivity contribution in [3.63, 3.8) is 0 Å². The number of fused-ring (bicyclic) bond motifs is 1. The first-order valence-electron chi connectivity index (χ1n) is 4.87. The Balaban J connectivity index is 2.17. The summed E-state index contributed by atoms with van der Waals surface area (Å²) < 4.78 is 16.1. The van der Waals surface area contributed by atoms with Crippen molar-refractivity contribution in [3.8, 4) is 0 Å². The highest BCUT2D eigenvalue weighted by Crippen LogP contribution is 2.41. The lowest BCUT2D eigenvalue weighted by Crippen LogP contribution is -2.50. The highest BCUT2D eigenvalue weighted by Gasteiger charge is 2.61. The molecule has 3 atom stereocenters. The van der Waals surface area contributed by atoms with Crippen LogP contribution in [0.1, 0.15) is 13.8 Å². The Hall–Kier alpha value is -0.240. The lowest BCUT2D eigenvalue weighted by atomic mass is 9.97. The van der Waals surface area contributed by atoms with Crippen LogP contribution in [-0.4, -0.2) is 58.4 Å². The molecule has 3 N–H and O–H groups in total. The Morgan fingerprint density at radius 3 is 2.13 bits per heavy atom. The van der Waals surface area contributed by atoms with Crippen molar-refractivity contribution in [3.05, 3.63) is 0 Å². The smallest absolute Gasteiger partial charge is 0.190 e. The van der Waals surface area contributed by atoms with Gasteiger partial charge in [0.05, 0.1) is 13.2 Å². The van der Waals surface area contributed by atoms with Crippen molar-refractivity contribution in [1.82, 2.24) is 0 Å². The molecule has 0 saturated carbocycles. The topological polar surface area (TPSA) is 88.4 Å². The molecular weight excluding hydrogens is 204 g/mol. The van der Waals surface area contributed by atoms with E-state index in [0.717, 1.165) is 0 Å². The van der Waals surface area contributed by atoms with Crippen LogP contribution in [0.3, 0.4) is 0 Å². The molecule has 0 radical (unpaired) electrons. The molecule has 0 spiro atoms. The lowest BCUT2D eigenvalue weighted by molar-refractivity contribution is -0.252. The number of ether oxygens (including phenoxy) is 3. The maximum absolute atomic E-state index is 9.89. The van der Waals surface area contributed by atoms with Gasteiger partial charge in [0.25, 0.3) is 0 Å².